The molecule has 5 rings (SSSR count). The summed E-state index contributed by atoms with van der Waals surface area (Å²) in [6.45, 7) is 19.0. The number of aromatic hydroxyl groups is 1. The van der Waals surface area contributed by atoms with Crippen LogP contribution in [0.5, 0.6) is 11.5 Å². The van der Waals surface area contributed by atoms with Crippen LogP contribution in [0.25, 0.3) is 22.3 Å². The Morgan fingerprint density at radius 2 is 1.20 bits per heavy atom. The summed E-state index contributed by atoms with van der Waals surface area (Å²) in [6, 6.07) is 14.7. The Kier molecular flexibility index (Phi) is 13.5. The average molecular weight is 759 g/mol. The molecule has 0 aliphatic heterocycles. The lowest BCUT2D eigenvalue weighted by Crippen LogP contribution is -2.26. The number of carbonyl (C=O) groups is 1. The van der Waals surface area contributed by atoms with E-state index in [1.807, 2.05) is 72.7 Å². The second-order valence-corrected chi connectivity index (χ2v) is 15.8. The number of benzene rings is 3. The predicted molar refractivity (Wildman–Crippen MR) is 211 cm³/mol. The monoisotopic (exact) mass is 758 g/mol. The van der Waals surface area contributed by atoms with Crippen molar-refractivity contribution in [1.82, 2.24) is 0 Å². The van der Waals surface area contributed by atoms with Gasteiger partial charge in [-0.3, -0.25) is 4.79 Å². The van der Waals surface area contributed by atoms with Crippen molar-refractivity contribution in [2.45, 2.75) is 93.4 Å². The number of hydrogen-bond donors (Lipinski definition) is 1. The Labute approximate surface area is 319 Å². The van der Waals surface area contributed by atoms with Crippen LogP contribution in [0.1, 0.15) is 79.0 Å². The number of halogens is 2. The first-order valence-electron chi connectivity index (χ1n) is 17.8. The fraction of sp³-hybridized carbons (Fsp3) is 0.341. The van der Waals surface area contributed by atoms with Gasteiger partial charge in [0.15, 0.2) is 11.6 Å². The van der Waals surface area contributed by atoms with Gasteiger partial charge < -0.3 is 18.7 Å². The summed E-state index contributed by atoms with van der Waals surface area (Å²) >= 11 is 1.31. The third kappa shape index (κ3) is 10.2. The first-order chi connectivity index (χ1) is 25.3. The molecule has 2 heterocycles. The van der Waals surface area contributed by atoms with Crippen molar-refractivity contribution in [3.05, 3.63) is 132 Å². The van der Waals surface area contributed by atoms with Crippen molar-refractivity contribution < 1.29 is 32.3 Å². The van der Waals surface area contributed by atoms with Crippen molar-refractivity contribution in [2.75, 3.05) is 5.75 Å². The Bertz CT molecular complexity index is 2250. The number of esters is 1. The molecule has 10 heteroatoms. The first-order valence-corrected chi connectivity index (χ1v) is 18.8. The Hall–Kier alpha value is -4.96. The molecule has 54 heavy (non-hydrogen) atoms. The summed E-state index contributed by atoms with van der Waals surface area (Å²) in [4.78, 5) is 38.4. The molecular weight excluding hydrogens is 711 g/mol. The van der Waals surface area contributed by atoms with E-state index in [0.717, 1.165) is 57.5 Å². The van der Waals surface area contributed by atoms with Crippen LogP contribution in [0, 0.1) is 58.6 Å². The van der Waals surface area contributed by atoms with E-state index >= 15 is 0 Å². The maximum Gasteiger partial charge on any atom is 0.347 e. The van der Waals surface area contributed by atoms with E-state index in [1.54, 1.807) is 26.8 Å². The minimum Gasteiger partial charge on any atom is -0.507 e. The maximum absolute atomic E-state index is 13.2. The summed E-state index contributed by atoms with van der Waals surface area (Å²) in [5.74, 6) is -0.674. The molecule has 0 radical (unpaired) electrons. The normalized spacial score (nSPS) is 11.3. The molecule has 0 saturated heterocycles. The number of thioether (sulfide) groups is 1. The largest absolute Gasteiger partial charge is 0.507 e. The van der Waals surface area contributed by atoms with E-state index in [-0.39, 0.29) is 23.0 Å². The van der Waals surface area contributed by atoms with Crippen LogP contribution in [-0.2, 0) is 17.6 Å². The van der Waals surface area contributed by atoms with Gasteiger partial charge in [-0.05, 0) is 120 Å². The van der Waals surface area contributed by atoms with Crippen LogP contribution in [0.3, 0.4) is 0 Å². The van der Waals surface area contributed by atoms with E-state index in [4.69, 9.17) is 13.6 Å². The van der Waals surface area contributed by atoms with Gasteiger partial charge in [-0.2, -0.15) is 0 Å². The molecule has 0 unspecified atom stereocenters. The van der Waals surface area contributed by atoms with Crippen LogP contribution in [0.2, 0.25) is 0 Å². The lowest BCUT2D eigenvalue weighted by Gasteiger charge is -2.19. The van der Waals surface area contributed by atoms with Gasteiger partial charge in [0.05, 0.1) is 5.41 Å². The van der Waals surface area contributed by atoms with Gasteiger partial charge >= 0.3 is 17.2 Å². The van der Waals surface area contributed by atoms with Gasteiger partial charge in [0, 0.05) is 35.6 Å². The highest BCUT2D eigenvalue weighted by Crippen LogP contribution is 2.36. The summed E-state index contributed by atoms with van der Waals surface area (Å²) in [5.41, 5.74) is 6.06. The fourth-order valence-corrected chi connectivity index (χ4v) is 7.20. The maximum atomic E-state index is 13.2. The predicted octanol–water partition coefficient (Wildman–Crippen LogP) is 10.7. The quantitative estimate of drug-likeness (QED) is 0.117. The second-order valence-electron chi connectivity index (χ2n) is 14.6. The average Bonchev–Trinajstić information content (AvgIpc) is 3.04. The number of hydrogen-bond acceptors (Lipinski definition) is 8. The minimum atomic E-state index is -0.901. The van der Waals surface area contributed by atoms with Crippen molar-refractivity contribution in [3.63, 3.8) is 0 Å². The molecule has 0 atom stereocenters. The zero-order valence-corrected chi connectivity index (χ0v) is 33.4. The third-order valence-electron chi connectivity index (χ3n) is 8.62. The molecule has 0 amide bonds. The smallest absolute Gasteiger partial charge is 0.347 e. The molecule has 0 spiro atoms. The number of ether oxygens (including phenoxy) is 1. The zero-order chi connectivity index (χ0) is 40.1. The van der Waals surface area contributed by atoms with E-state index in [1.165, 1.54) is 23.9 Å². The molecular formula is C44H48F2O7S. The molecule has 3 aromatic carbocycles. The highest BCUT2D eigenvalue weighted by atomic mass is 32.2. The molecule has 0 saturated carbocycles. The zero-order valence-electron chi connectivity index (χ0n) is 32.6. The van der Waals surface area contributed by atoms with Crippen LogP contribution in [-0.4, -0.2) is 16.8 Å². The van der Waals surface area contributed by atoms with E-state index in [0.29, 0.717) is 46.1 Å². The standard InChI is InChI=1S/C22H20F2O3S.C22H28O4/c1-12-8-13(2)20(14(3)9-12)21-19(25)10-15(27-22(21)26)6-7-28-16-4-5-17(23)18(24)11-16;1-8-9-16-12-17(26-21(24)22(5,6)7)19(20(23)25-16)18-14(3)10-13(2)11-15(18)4/h4-5,8-11,25H,6-7H2,1-3H3;10-12H,8-9H2,1-7H3. The van der Waals surface area contributed by atoms with Gasteiger partial charge in [-0.1, -0.05) is 42.3 Å². The Balaban J connectivity index is 0.000000241. The van der Waals surface area contributed by atoms with Gasteiger partial charge in [0.1, 0.15) is 34.1 Å². The summed E-state index contributed by atoms with van der Waals surface area (Å²) in [6.07, 6.45) is 1.80. The van der Waals surface area contributed by atoms with E-state index in [9.17, 15) is 28.3 Å². The molecule has 0 aliphatic carbocycles. The fourth-order valence-electron chi connectivity index (χ4n) is 6.31. The number of aryl methyl sites for hydroxylation is 8. The summed E-state index contributed by atoms with van der Waals surface area (Å²) in [5, 5.41) is 10.5. The van der Waals surface area contributed by atoms with Crippen LogP contribution in [0.4, 0.5) is 8.78 Å². The Morgan fingerprint density at radius 3 is 1.69 bits per heavy atom. The lowest BCUT2D eigenvalue weighted by molar-refractivity contribution is -0.142. The minimum absolute atomic E-state index is 0.126. The molecule has 0 aliphatic rings. The van der Waals surface area contributed by atoms with Crippen molar-refractivity contribution in [3.8, 4) is 33.8 Å². The molecule has 2 aromatic heterocycles. The molecule has 0 fully saturated rings. The molecule has 1 N–H and O–H groups in total. The second kappa shape index (κ2) is 17.5. The van der Waals surface area contributed by atoms with Crippen LogP contribution >= 0.6 is 11.8 Å². The highest BCUT2D eigenvalue weighted by Gasteiger charge is 2.27. The third-order valence-corrected chi connectivity index (χ3v) is 9.62. The topological polar surface area (TPSA) is 107 Å². The first kappa shape index (κ1) is 41.8. The van der Waals surface area contributed by atoms with Crippen LogP contribution < -0.4 is 16.0 Å². The van der Waals surface area contributed by atoms with Gasteiger partial charge in [0.2, 0.25) is 0 Å². The van der Waals surface area contributed by atoms with Crippen molar-refractivity contribution >= 4 is 17.7 Å². The van der Waals surface area contributed by atoms with Crippen molar-refractivity contribution in [1.29, 1.82) is 0 Å². The molecule has 7 nitrogen and oxygen atoms in total. The SMILES string of the molecule is CCCc1cc(OC(=O)C(C)(C)C)c(-c2c(C)cc(C)cc2C)c(=O)o1.Cc1cc(C)c(-c2c(O)cc(CCSc3ccc(F)c(F)c3)oc2=O)c(C)c1. The summed E-state index contributed by atoms with van der Waals surface area (Å²) < 4.78 is 42.8. The van der Waals surface area contributed by atoms with Crippen molar-refractivity contribution in [2.24, 2.45) is 5.41 Å². The van der Waals surface area contributed by atoms with Gasteiger partial charge in [0.25, 0.3) is 0 Å². The Morgan fingerprint density at radius 1 is 0.704 bits per heavy atom. The molecule has 286 valence electrons. The van der Waals surface area contributed by atoms with E-state index < -0.39 is 28.3 Å². The van der Waals surface area contributed by atoms with Crippen LogP contribution in [0.15, 0.2) is 77.9 Å². The highest BCUT2D eigenvalue weighted by molar-refractivity contribution is 7.99. The number of rotatable bonds is 9. The lowest BCUT2D eigenvalue weighted by atomic mass is 9.93. The summed E-state index contributed by atoms with van der Waals surface area (Å²) in [7, 11) is 0. The van der Waals surface area contributed by atoms with Gasteiger partial charge in [-0.25, -0.2) is 18.4 Å². The number of carbonyl (C=O) groups excluding carboxylic acids is 1. The molecule has 5 aromatic rings. The van der Waals surface area contributed by atoms with Gasteiger partial charge in [-0.15, -0.1) is 11.8 Å². The molecule has 0 bridgehead atoms. The van der Waals surface area contributed by atoms with E-state index in [2.05, 4.69) is 0 Å².